The number of aliphatic carboxylic acids is 1. The fourth-order valence-electron chi connectivity index (χ4n) is 2.71. The number of anilines is 1. The van der Waals surface area contributed by atoms with Crippen molar-refractivity contribution in [3.8, 4) is 5.69 Å². The maximum atomic E-state index is 14.8. The van der Waals surface area contributed by atoms with Crippen LogP contribution in [0.3, 0.4) is 0 Å². The van der Waals surface area contributed by atoms with Crippen LogP contribution in [0, 0.1) is 5.82 Å². The summed E-state index contributed by atoms with van der Waals surface area (Å²) in [5.74, 6) is -2.05. The van der Waals surface area contributed by atoms with Gasteiger partial charge in [0, 0.05) is 12.6 Å². The molecule has 0 saturated heterocycles. The summed E-state index contributed by atoms with van der Waals surface area (Å²) in [6.07, 6.45) is 0.347. The SMILES string of the molecule is CCC(Sc1nc2ccccc2n1-c1ccc(NC(C)=O)cc1F)C(=O)[O-].[K+]. The summed E-state index contributed by atoms with van der Waals surface area (Å²) in [7, 11) is 0. The van der Waals surface area contributed by atoms with Gasteiger partial charge in [-0.25, -0.2) is 9.37 Å². The van der Waals surface area contributed by atoms with Crippen LogP contribution < -0.4 is 61.8 Å². The van der Waals surface area contributed by atoms with Gasteiger partial charge in [0.25, 0.3) is 0 Å². The molecule has 0 radical (unpaired) electrons. The van der Waals surface area contributed by atoms with Crippen LogP contribution in [0.1, 0.15) is 20.3 Å². The number of hydrogen-bond acceptors (Lipinski definition) is 5. The van der Waals surface area contributed by atoms with E-state index in [1.54, 1.807) is 41.8 Å². The number of hydrogen-bond donors (Lipinski definition) is 1. The molecule has 0 fully saturated rings. The third-order valence-corrected chi connectivity index (χ3v) is 5.22. The van der Waals surface area contributed by atoms with Crippen molar-refractivity contribution < 1.29 is 70.5 Å². The number of rotatable bonds is 6. The number of aromatic nitrogens is 2. The summed E-state index contributed by atoms with van der Waals surface area (Å²) < 4.78 is 16.4. The van der Waals surface area contributed by atoms with Gasteiger partial charge in [-0.15, -0.1) is 0 Å². The molecule has 140 valence electrons. The predicted octanol–water partition coefficient (Wildman–Crippen LogP) is -0.252. The fourth-order valence-corrected chi connectivity index (χ4v) is 3.68. The monoisotopic (exact) mass is 425 g/mol. The largest absolute Gasteiger partial charge is 1.00 e. The number of nitrogens with zero attached hydrogens (tertiary/aromatic N) is 2. The molecule has 0 saturated carbocycles. The molecule has 0 spiro atoms. The summed E-state index contributed by atoms with van der Waals surface area (Å²) in [4.78, 5) is 27.0. The zero-order chi connectivity index (χ0) is 19.6. The number of para-hydroxylation sites is 2. The molecule has 1 heterocycles. The summed E-state index contributed by atoms with van der Waals surface area (Å²) in [5.41, 5.74) is 1.83. The average Bonchev–Trinajstić information content (AvgIpc) is 2.97. The van der Waals surface area contributed by atoms with Crippen molar-refractivity contribution >= 4 is 40.4 Å². The molecule has 0 aliphatic carbocycles. The van der Waals surface area contributed by atoms with Crippen molar-refractivity contribution in [1.29, 1.82) is 0 Å². The Morgan fingerprint density at radius 1 is 1.29 bits per heavy atom. The number of carboxylic acids is 1. The van der Waals surface area contributed by atoms with Gasteiger partial charge in [0.1, 0.15) is 5.82 Å². The van der Waals surface area contributed by atoms with Crippen LogP contribution in [0.4, 0.5) is 10.1 Å². The molecule has 2 aromatic carbocycles. The summed E-state index contributed by atoms with van der Waals surface area (Å²) >= 11 is 1.02. The number of halogens is 1. The zero-order valence-electron chi connectivity index (χ0n) is 15.7. The van der Waals surface area contributed by atoms with E-state index in [4.69, 9.17) is 0 Å². The van der Waals surface area contributed by atoms with Gasteiger partial charge in [-0.05, 0) is 36.8 Å². The zero-order valence-corrected chi connectivity index (χ0v) is 19.7. The maximum absolute atomic E-state index is 14.8. The van der Waals surface area contributed by atoms with Gasteiger partial charge in [-0.1, -0.05) is 30.8 Å². The van der Waals surface area contributed by atoms with Crippen LogP contribution >= 0.6 is 11.8 Å². The molecular formula is C19H17FKN3O3S. The van der Waals surface area contributed by atoms with Gasteiger partial charge < -0.3 is 15.2 Å². The Kier molecular flexibility index (Phi) is 8.23. The molecule has 1 amide bonds. The molecule has 9 heteroatoms. The van der Waals surface area contributed by atoms with Gasteiger partial charge >= 0.3 is 51.4 Å². The van der Waals surface area contributed by atoms with Crippen LogP contribution in [0.25, 0.3) is 16.7 Å². The molecule has 0 aliphatic rings. The number of amides is 1. The first-order valence-corrected chi connectivity index (χ1v) is 9.21. The van der Waals surface area contributed by atoms with E-state index >= 15 is 0 Å². The first-order chi connectivity index (χ1) is 12.9. The van der Waals surface area contributed by atoms with Crippen molar-refractivity contribution in [3.63, 3.8) is 0 Å². The molecule has 3 rings (SSSR count). The number of thioether (sulfide) groups is 1. The number of carbonyl (C=O) groups is 2. The van der Waals surface area contributed by atoms with Crippen molar-refractivity contribution in [2.24, 2.45) is 0 Å². The van der Waals surface area contributed by atoms with Crippen LogP contribution in [0.5, 0.6) is 0 Å². The first-order valence-electron chi connectivity index (χ1n) is 8.33. The van der Waals surface area contributed by atoms with Crippen LogP contribution in [0.15, 0.2) is 47.6 Å². The fraction of sp³-hybridized carbons (Fsp3) is 0.211. The predicted molar refractivity (Wildman–Crippen MR) is 100 cm³/mol. The number of carboxylic acid groups (broad SMARTS) is 1. The van der Waals surface area contributed by atoms with Gasteiger partial charge in [0.2, 0.25) is 5.91 Å². The van der Waals surface area contributed by atoms with Gasteiger partial charge in [-0.2, -0.15) is 0 Å². The summed E-state index contributed by atoms with van der Waals surface area (Å²) in [6.45, 7) is 3.08. The summed E-state index contributed by atoms with van der Waals surface area (Å²) in [6, 6.07) is 11.5. The third kappa shape index (κ3) is 5.02. The van der Waals surface area contributed by atoms with E-state index in [9.17, 15) is 19.1 Å². The average molecular weight is 426 g/mol. The second-order valence-corrected chi connectivity index (χ2v) is 7.07. The van der Waals surface area contributed by atoms with E-state index in [0.29, 0.717) is 28.3 Å². The molecule has 1 N–H and O–H groups in total. The van der Waals surface area contributed by atoms with Crippen LogP contribution in [0.2, 0.25) is 0 Å². The van der Waals surface area contributed by atoms with Crippen molar-refractivity contribution in [1.82, 2.24) is 9.55 Å². The number of benzene rings is 2. The Morgan fingerprint density at radius 2 is 2.00 bits per heavy atom. The molecule has 6 nitrogen and oxygen atoms in total. The maximum Gasteiger partial charge on any atom is 1.00 e. The number of imidazole rings is 1. The Labute approximate surface area is 208 Å². The minimum atomic E-state index is -1.19. The second kappa shape index (κ2) is 9.99. The van der Waals surface area contributed by atoms with Crippen molar-refractivity contribution in [2.45, 2.75) is 30.7 Å². The quantitative estimate of drug-likeness (QED) is 0.435. The normalized spacial score (nSPS) is 11.7. The molecule has 1 atom stereocenters. The third-order valence-electron chi connectivity index (χ3n) is 3.92. The van der Waals surface area contributed by atoms with E-state index in [1.807, 2.05) is 0 Å². The Balaban J connectivity index is 0.00000280. The van der Waals surface area contributed by atoms with Crippen molar-refractivity contribution in [3.05, 3.63) is 48.3 Å². The van der Waals surface area contributed by atoms with E-state index in [1.165, 1.54) is 19.1 Å². The smallest absolute Gasteiger partial charge is 0.549 e. The van der Waals surface area contributed by atoms with E-state index < -0.39 is 17.0 Å². The standard InChI is InChI=1S/C19H18FN3O3S.K/c1-3-17(18(25)26)27-19-22-14-6-4-5-7-16(14)23(19)15-9-8-12(10-13(15)20)21-11(2)24;/h4-10,17H,3H2,1-2H3,(H,21,24)(H,25,26);/q;+1/p-1. The van der Waals surface area contributed by atoms with Crippen LogP contribution in [-0.2, 0) is 9.59 Å². The second-order valence-electron chi connectivity index (χ2n) is 5.90. The van der Waals surface area contributed by atoms with Crippen molar-refractivity contribution in [2.75, 3.05) is 5.32 Å². The molecule has 1 aromatic heterocycles. The molecule has 0 bridgehead atoms. The Morgan fingerprint density at radius 3 is 2.61 bits per heavy atom. The number of fused-ring (bicyclic) bond motifs is 1. The molecule has 3 aromatic rings. The van der Waals surface area contributed by atoms with Gasteiger partial charge in [-0.3, -0.25) is 9.36 Å². The first kappa shape index (κ1) is 23.0. The Hall–Kier alpha value is -1.23. The topological polar surface area (TPSA) is 87.0 Å². The number of carbonyl (C=O) groups excluding carboxylic acids is 2. The van der Waals surface area contributed by atoms with E-state index in [-0.39, 0.29) is 63.0 Å². The van der Waals surface area contributed by atoms with E-state index in [0.717, 1.165) is 11.8 Å². The van der Waals surface area contributed by atoms with Gasteiger partial charge in [0.15, 0.2) is 5.16 Å². The number of nitrogens with one attached hydrogen (secondary N) is 1. The van der Waals surface area contributed by atoms with E-state index in [2.05, 4.69) is 10.3 Å². The minimum absolute atomic E-state index is 0. The Bertz CT molecular complexity index is 1020. The molecule has 0 aliphatic heterocycles. The molecule has 28 heavy (non-hydrogen) atoms. The molecule has 1 unspecified atom stereocenters. The van der Waals surface area contributed by atoms with Gasteiger partial charge in [0.05, 0.1) is 27.9 Å². The summed E-state index contributed by atoms with van der Waals surface area (Å²) in [5, 5.41) is 13.4. The van der Waals surface area contributed by atoms with Crippen LogP contribution in [-0.4, -0.2) is 26.7 Å². The minimum Gasteiger partial charge on any atom is -0.549 e. The molecular weight excluding hydrogens is 408 g/mol.